The molecule has 0 radical (unpaired) electrons. The van der Waals surface area contributed by atoms with Crippen LogP contribution in [-0.2, 0) is 11.2 Å². The van der Waals surface area contributed by atoms with Crippen molar-refractivity contribution in [3.8, 4) is 5.69 Å². The van der Waals surface area contributed by atoms with E-state index < -0.39 is 0 Å². The molecule has 0 spiro atoms. The Morgan fingerprint density at radius 1 is 1.16 bits per heavy atom. The molecule has 160 valence electrons. The lowest BCUT2D eigenvalue weighted by Gasteiger charge is -2.10. The third-order valence-corrected chi connectivity index (χ3v) is 5.37. The molecule has 9 heteroatoms. The number of nitrogens with one attached hydrogen (secondary N) is 1. The van der Waals surface area contributed by atoms with E-state index in [0.717, 1.165) is 0 Å². The van der Waals surface area contributed by atoms with E-state index in [2.05, 4.69) is 22.1 Å². The predicted octanol–water partition coefficient (Wildman–Crippen LogP) is 4.76. The highest BCUT2D eigenvalue weighted by atomic mass is 35.5. The number of amides is 1. The van der Waals surface area contributed by atoms with Crippen molar-refractivity contribution in [1.29, 1.82) is 0 Å². The van der Waals surface area contributed by atoms with Crippen LogP contribution in [0.15, 0.2) is 71.4 Å². The molecule has 1 N–H and O–H groups in total. The quantitative estimate of drug-likeness (QED) is 0.369. The summed E-state index contributed by atoms with van der Waals surface area (Å²) in [4.78, 5) is 12.1. The topological polar surface area (TPSA) is 59.8 Å². The Hall–Kier alpha value is -2.97. The Balaban J connectivity index is 1.67. The van der Waals surface area contributed by atoms with E-state index in [4.69, 9.17) is 11.6 Å². The SMILES string of the molecule is C=C(Cl)CSc1nnc(CCNC(=O)C=Cc2cccc(F)c2)n1-c1ccc(F)cc1. The van der Waals surface area contributed by atoms with Crippen LogP contribution < -0.4 is 5.32 Å². The van der Waals surface area contributed by atoms with Gasteiger partial charge in [-0.25, -0.2) is 8.78 Å². The van der Waals surface area contributed by atoms with Gasteiger partial charge in [-0.15, -0.1) is 10.2 Å². The van der Waals surface area contributed by atoms with E-state index >= 15 is 0 Å². The van der Waals surface area contributed by atoms with Crippen LogP contribution in [0.4, 0.5) is 8.78 Å². The fourth-order valence-corrected chi connectivity index (χ4v) is 3.57. The van der Waals surface area contributed by atoms with Crippen molar-refractivity contribution in [1.82, 2.24) is 20.1 Å². The molecule has 1 heterocycles. The van der Waals surface area contributed by atoms with Gasteiger partial charge in [0.05, 0.1) is 0 Å². The summed E-state index contributed by atoms with van der Waals surface area (Å²) in [5, 5.41) is 12.2. The van der Waals surface area contributed by atoms with Crippen LogP contribution >= 0.6 is 23.4 Å². The van der Waals surface area contributed by atoms with Gasteiger partial charge in [-0.3, -0.25) is 9.36 Å². The first-order valence-corrected chi connectivity index (χ1v) is 10.7. The van der Waals surface area contributed by atoms with Gasteiger partial charge < -0.3 is 5.32 Å². The van der Waals surface area contributed by atoms with Gasteiger partial charge in [-0.1, -0.05) is 42.1 Å². The summed E-state index contributed by atoms with van der Waals surface area (Å²) in [5.74, 6) is 0.0182. The average Bonchev–Trinajstić information content (AvgIpc) is 3.14. The molecule has 5 nitrogen and oxygen atoms in total. The van der Waals surface area contributed by atoms with Crippen molar-refractivity contribution >= 4 is 35.3 Å². The van der Waals surface area contributed by atoms with Crippen LogP contribution in [0.3, 0.4) is 0 Å². The van der Waals surface area contributed by atoms with E-state index in [1.54, 1.807) is 28.8 Å². The van der Waals surface area contributed by atoms with Crippen LogP contribution in [-0.4, -0.2) is 33.0 Å². The lowest BCUT2D eigenvalue weighted by Crippen LogP contribution is -2.24. The molecule has 2 aromatic carbocycles. The van der Waals surface area contributed by atoms with Gasteiger partial charge in [-0.2, -0.15) is 0 Å². The zero-order valence-corrected chi connectivity index (χ0v) is 18.0. The fraction of sp³-hybridized carbons (Fsp3) is 0.136. The van der Waals surface area contributed by atoms with E-state index in [1.165, 1.54) is 48.2 Å². The second-order valence-electron chi connectivity index (χ2n) is 6.45. The van der Waals surface area contributed by atoms with Gasteiger partial charge in [0.2, 0.25) is 5.91 Å². The molecule has 1 aromatic heterocycles. The third kappa shape index (κ3) is 6.77. The van der Waals surface area contributed by atoms with Crippen LogP contribution in [0.25, 0.3) is 11.8 Å². The highest BCUT2D eigenvalue weighted by Gasteiger charge is 2.15. The maximum Gasteiger partial charge on any atom is 0.244 e. The van der Waals surface area contributed by atoms with Gasteiger partial charge in [0, 0.05) is 35.5 Å². The van der Waals surface area contributed by atoms with E-state index in [9.17, 15) is 13.6 Å². The van der Waals surface area contributed by atoms with E-state index in [-0.39, 0.29) is 17.5 Å². The minimum absolute atomic E-state index is 0.304. The zero-order valence-electron chi connectivity index (χ0n) is 16.4. The molecule has 0 atom stereocenters. The molecular formula is C22H19ClF2N4OS. The molecule has 0 aliphatic heterocycles. The third-order valence-electron chi connectivity index (χ3n) is 4.07. The molecular weight excluding hydrogens is 442 g/mol. The van der Waals surface area contributed by atoms with Crippen LogP contribution in [0.1, 0.15) is 11.4 Å². The first-order chi connectivity index (χ1) is 14.9. The van der Waals surface area contributed by atoms with E-state index in [0.29, 0.717) is 46.0 Å². The highest BCUT2D eigenvalue weighted by Crippen LogP contribution is 2.24. The Morgan fingerprint density at radius 2 is 1.94 bits per heavy atom. The Bertz CT molecular complexity index is 1100. The molecule has 0 bridgehead atoms. The second kappa shape index (κ2) is 10.9. The van der Waals surface area contributed by atoms with Crippen LogP contribution in [0.2, 0.25) is 0 Å². The van der Waals surface area contributed by atoms with Gasteiger partial charge >= 0.3 is 0 Å². The number of hydrogen-bond acceptors (Lipinski definition) is 4. The summed E-state index contributed by atoms with van der Waals surface area (Å²) in [6.07, 6.45) is 3.27. The molecule has 3 aromatic rings. The monoisotopic (exact) mass is 460 g/mol. The number of carbonyl (C=O) groups excluding carboxylic acids is 1. The maximum atomic E-state index is 13.3. The first kappa shape index (κ1) is 22.7. The second-order valence-corrected chi connectivity index (χ2v) is 7.92. The van der Waals surface area contributed by atoms with Crippen LogP contribution in [0.5, 0.6) is 0 Å². The Morgan fingerprint density at radius 3 is 2.65 bits per heavy atom. The number of rotatable bonds is 9. The normalized spacial score (nSPS) is 11.1. The number of nitrogens with zero attached hydrogens (tertiary/aromatic N) is 3. The minimum Gasteiger partial charge on any atom is -0.352 e. The largest absolute Gasteiger partial charge is 0.352 e. The zero-order chi connectivity index (χ0) is 22.2. The highest BCUT2D eigenvalue weighted by molar-refractivity contribution is 7.99. The molecule has 0 fully saturated rings. The molecule has 0 unspecified atom stereocenters. The van der Waals surface area contributed by atoms with Crippen molar-refractivity contribution < 1.29 is 13.6 Å². The van der Waals surface area contributed by atoms with Crippen molar-refractivity contribution in [2.45, 2.75) is 11.6 Å². The summed E-state index contributed by atoms with van der Waals surface area (Å²) < 4.78 is 28.3. The number of hydrogen-bond donors (Lipinski definition) is 1. The molecule has 31 heavy (non-hydrogen) atoms. The molecule has 1 amide bonds. The lowest BCUT2D eigenvalue weighted by atomic mass is 10.2. The molecule has 0 aliphatic rings. The number of carbonyl (C=O) groups is 1. The number of halogens is 3. The summed E-state index contributed by atoms with van der Waals surface area (Å²) in [7, 11) is 0. The Kier molecular flexibility index (Phi) is 7.97. The Labute approximate surface area is 187 Å². The standard InChI is InChI=1S/C22H19ClF2N4OS/c1-15(23)14-31-22-28-27-20(29(22)19-8-6-17(24)7-9-19)11-12-26-21(30)10-5-16-3-2-4-18(25)13-16/h2-10,13H,1,11-12,14H2,(H,26,30). The van der Waals surface area contributed by atoms with Gasteiger partial charge in [0.15, 0.2) is 5.16 Å². The number of benzene rings is 2. The number of aromatic nitrogens is 3. The van der Waals surface area contributed by atoms with Crippen molar-refractivity contribution in [2.24, 2.45) is 0 Å². The minimum atomic E-state index is -0.367. The molecule has 3 rings (SSSR count). The predicted molar refractivity (Wildman–Crippen MR) is 119 cm³/mol. The van der Waals surface area contributed by atoms with Gasteiger partial charge in [0.1, 0.15) is 17.5 Å². The number of thioether (sulfide) groups is 1. The van der Waals surface area contributed by atoms with Crippen LogP contribution in [0, 0.1) is 11.6 Å². The van der Waals surface area contributed by atoms with Crippen molar-refractivity contribution in [3.63, 3.8) is 0 Å². The summed E-state index contributed by atoms with van der Waals surface area (Å²) in [6.45, 7) is 3.97. The van der Waals surface area contributed by atoms with Gasteiger partial charge in [-0.05, 0) is 48.0 Å². The lowest BCUT2D eigenvalue weighted by molar-refractivity contribution is -0.116. The smallest absolute Gasteiger partial charge is 0.244 e. The van der Waals surface area contributed by atoms with E-state index in [1.807, 2.05) is 0 Å². The van der Waals surface area contributed by atoms with Crippen molar-refractivity contribution in [3.05, 3.63) is 89.2 Å². The fourth-order valence-electron chi connectivity index (χ4n) is 2.69. The van der Waals surface area contributed by atoms with Crippen molar-refractivity contribution in [2.75, 3.05) is 12.3 Å². The summed E-state index contributed by atoms with van der Waals surface area (Å²) in [6, 6.07) is 11.9. The maximum absolute atomic E-state index is 13.3. The summed E-state index contributed by atoms with van der Waals surface area (Å²) in [5.41, 5.74) is 1.29. The molecule has 0 saturated heterocycles. The first-order valence-electron chi connectivity index (χ1n) is 9.30. The molecule has 0 saturated carbocycles. The summed E-state index contributed by atoms with van der Waals surface area (Å²) >= 11 is 7.21. The average molecular weight is 461 g/mol. The van der Waals surface area contributed by atoms with Gasteiger partial charge in [0.25, 0.3) is 0 Å². The molecule has 0 aliphatic carbocycles.